The van der Waals surface area contributed by atoms with Crippen LogP contribution in [0.3, 0.4) is 0 Å². The van der Waals surface area contributed by atoms with E-state index in [-0.39, 0.29) is 6.10 Å². The summed E-state index contributed by atoms with van der Waals surface area (Å²) < 4.78 is 10.8. The summed E-state index contributed by atoms with van der Waals surface area (Å²) >= 11 is 0. The van der Waals surface area contributed by atoms with Gasteiger partial charge in [0.05, 0.1) is 6.61 Å². The van der Waals surface area contributed by atoms with E-state index in [1.165, 1.54) is 11.1 Å². The number of nitrogens with zero attached hydrogens (tertiary/aromatic N) is 3. The Morgan fingerprint density at radius 3 is 2.91 bits per heavy atom. The minimum absolute atomic E-state index is 0.0651. The molecule has 0 saturated carbocycles. The van der Waals surface area contributed by atoms with Gasteiger partial charge in [-0.25, -0.2) is 0 Å². The van der Waals surface area contributed by atoms with Crippen LogP contribution in [0.5, 0.6) is 0 Å². The molecule has 1 aromatic carbocycles. The Labute approximate surface area is 131 Å². The van der Waals surface area contributed by atoms with Crippen molar-refractivity contribution in [3.05, 3.63) is 47.1 Å². The number of ether oxygens (including phenoxy) is 1. The van der Waals surface area contributed by atoms with E-state index in [0.29, 0.717) is 11.7 Å². The van der Waals surface area contributed by atoms with Gasteiger partial charge in [-0.1, -0.05) is 29.4 Å². The SMILES string of the molecule is Cc1nc([C@H]2CN(CCCc3ccccc3C)CCO2)no1. The predicted octanol–water partition coefficient (Wildman–Crippen LogP) is 2.69. The minimum atomic E-state index is -0.0651. The zero-order valence-electron chi connectivity index (χ0n) is 13.3. The lowest BCUT2D eigenvalue weighted by atomic mass is 10.0. The first kappa shape index (κ1) is 15.2. The highest BCUT2D eigenvalue weighted by Gasteiger charge is 2.25. The van der Waals surface area contributed by atoms with Gasteiger partial charge in [0.15, 0.2) is 0 Å². The van der Waals surface area contributed by atoms with Gasteiger partial charge >= 0.3 is 0 Å². The van der Waals surface area contributed by atoms with Crippen LogP contribution in [-0.2, 0) is 11.2 Å². The minimum Gasteiger partial charge on any atom is -0.367 e. The monoisotopic (exact) mass is 301 g/mol. The summed E-state index contributed by atoms with van der Waals surface area (Å²) in [4.78, 5) is 6.71. The van der Waals surface area contributed by atoms with Crippen LogP contribution in [0.15, 0.2) is 28.8 Å². The molecule has 0 radical (unpaired) electrons. The van der Waals surface area contributed by atoms with Crippen molar-refractivity contribution in [2.45, 2.75) is 32.8 Å². The van der Waals surface area contributed by atoms with Gasteiger partial charge in [0, 0.05) is 20.0 Å². The molecule has 0 amide bonds. The fourth-order valence-electron chi connectivity index (χ4n) is 2.89. The van der Waals surface area contributed by atoms with Crippen molar-refractivity contribution < 1.29 is 9.26 Å². The Bertz CT molecular complexity index is 611. The van der Waals surface area contributed by atoms with Crippen LogP contribution >= 0.6 is 0 Å². The van der Waals surface area contributed by atoms with Crippen LogP contribution in [0, 0.1) is 13.8 Å². The molecule has 1 aliphatic heterocycles. The van der Waals surface area contributed by atoms with Gasteiger partial charge in [0.25, 0.3) is 0 Å². The molecular weight excluding hydrogens is 278 g/mol. The maximum Gasteiger partial charge on any atom is 0.223 e. The van der Waals surface area contributed by atoms with Crippen molar-refractivity contribution in [3.63, 3.8) is 0 Å². The van der Waals surface area contributed by atoms with E-state index < -0.39 is 0 Å². The number of hydrogen-bond acceptors (Lipinski definition) is 5. The Morgan fingerprint density at radius 2 is 2.14 bits per heavy atom. The average molecular weight is 301 g/mol. The maximum atomic E-state index is 5.76. The summed E-state index contributed by atoms with van der Waals surface area (Å²) in [5.41, 5.74) is 2.82. The lowest BCUT2D eigenvalue weighted by Gasteiger charge is -2.31. The van der Waals surface area contributed by atoms with Crippen molar-refractivity contribution in [2.24, 2.45) is 0 Å². The van der Waals surface area contributed by atoms with Crippen LogP contribution in [-0.4, -0.2) is 41.3 Å². The quantitative estimate of drug-likeness (QED) is 0.850. The average Bonchev–Trinajstić information content (AvgIpc) is 2.96. The molecule has 1 aliphatic rings. The number of benzene rings is 1. The van der Waals surface area contributed by atoms with Crippen molar-refractivity contribution in [1.82, 2.24) is 15.0 Å². The molecule has 0 bridgehead atoms. The second-order valence-electron chi connectivity index (χ2n) is 5.86. The molecule has 1 fully saturated rings. The molecule has 0 aliphatic carbocycles. The first-order valence-corrected chi connectivity index (χ1v) is 7.91. The third kappa shape index (κ3) is 3.72. The Hall–Kier alpha value is -1.72. The number of aryl methyl sites for hydroxylation is 3. The van der Waals surface area contributed by atoms with Crippen molar-refractivity contribution in [1.29, 1.82) is 0 Å². The zero-order valence-corrected chi connectivity index (χ0v) is 13.3. The molecule has 5 heteroatoms. The molecule has 1 saturated heterocycles. The molecule has 0 N–H and O–H groups in total. The second-order valence-corrected chi connectivity index (χ2v) is 5.86. The molecule has 5 nitrogen and oxygen atoms in total. The van der Waals surface area contributed by atoms with Gasteiger partial charge in [-0.05, 0) is 37.4 Å². The largest absolute Gasteiger partial charge is 0.367 e. The summed E-state index contributed by atoms with van der Waals surface area (Å²) in [6, 6.07) is 8.61. The predicted molar refractivity (Wildman–Crippen MR) is 83.7 cm³/mol. The molecular formula is C17H23N3O2. The molecule has 2 aromatic rings. The number of morpholine rings is 1. The van der Waals surface area contributed by atoms with Gasteiger partial charge in [-0.3, -0.25) is 4.90 Å². The fourth-order valence-corrected chi connectivity index (χ4v) is 2.89. The first-order chi connectivity index (χ1) is 10.7. The Kier molecular flexibility index (Phi) is 4.85. The lowest BCUT2D eigenvalue weighted by Crippen LogP contribution is -2.39. The number of aromatic nitrogens is 2. The molecule has 1 aromatic heterocycles. The highest BCUT2D eigenvalue weighted by molar-refractivity contribution is 5.25. The molecule has 1 atom stereocenters. The van der Waals surface area contributed by atoms with Crippen LogP contribution in [0.25, 0.3) is 0 Å². The molecule has 22 heavy (non-hydrogen) atoms. The number of hydrogen-bond donors (Lipinski definition) is 0. The Morgan fingerprint density at radius 1 is 1.27 bits per heavy atom. The van der Waals surface area contributed by atoms with Crippen molar-refractivity contribution in [2.75, 3.05) is 26.2 Å². The summed E-state index contributed by atoms with van der Waals surface area (Å²) in [6.45, 7) is 7.60. The first-order valence-electron chi connectivity index (χ1n) is 7.91. The molecule has 2 heterocycles. The van der Waals surface area contributed by atoms with Gasteiger partial charge in [0.1, 0.15) is 6.10 Å². The standard InChI is InChI=1S/C17H23N3O2/c1-13-6-3-4-7-15(13)8-5-9-20-10-11-21-16(12-20)17-18-14(2)22-19-17/h3-4,6-7,16H,5,8-12H2,1-2H3/t16-/m1/s1. The van der Waals surface area contributed by atoms with E-state index in [0.717, 1.165) is 39.1 Å². The third-order valence-corrected chi connectivity index (χ3v) is 4.16. The second kappa shape index (κ2) is 7.03. The van der Waals surface area contributed by atoms with Gasteiger partial charge < -0.3 is 9.26 Å². The molecule has 118 valence electrons. The van der Waals surface area contributed by atoms with Crippen LogP contribution in [0.2, 0.25) is 0 Å². The van der Waals surface area contributed by atoms with Crippen LogP contribution in [0.1, 0.15) is 35.4 Å². The van der Waals surface area contributed by atoms with E-state index >= 15 is 0 Å². The summed E-state index contributed by atoms with van der Waals surface area (Å²) in [7, 11) is 0. The summed E-state index contributed by atoms with van der Waals surface area (Å²) in [6.07, 6.45) is 2.21. The third-order valence-electron chi connectivity index (χ3n) is 4.16. The maximum absolute atomic E-state index is 5.76. The van der Waals surface area contributed by atoms with Gasteiger partial charge in [-0.2, -0.15) is 4.98 Å². The lowest BCUT2D eigenvalue weighted by molar-refractivity contribution is -0.0353. The van der Waals surface area contributed by atoms with Gasteiger partial charge in [0.2, 0.25) is 11.7 Å². The molecule has 3 rings (SSSR count). The topological polar surface area (TPSA) is 51.4 Å². The Balaban J connectivity index is 1.49. The smallest absolute Gasteiger partial charge is 0.223 e. The van der Waals surface area contributed by atoms with Crippen LogP contribution < -0.4 is 0 Å². The highest BCUT2D eigenvalue weighted by Crippen LogP contribution is 2.20. The summed E-state index contributed by atoms with van der Waals surface area (Å²) in [5, 5.41) is 3.98. The van der Waals surface area contributed by atoms with Crippen molar-refractivity contribution >= 4 is 0 Å². The van der Waals surface area contributed by atoms with E-state index in [1.54, 1.807) is 6.92 Å². The summed E-state index contributed by atoms with van der Waals surface area (Å²) in [5.74, 6) is 1.26. The zero-order chi connectivity index (χ0) is 15.4. The van der Waals surface area contributed by atoms with E-state index in [1.807, 2.05) is 0 Å². The number of rotatable bonds is 5. The van der Waals surface area contributed by atoms with Crippen molar-refractivity contribution in [3.8, 4) is 0 Å². The highest BCUT2D eigenvalue weighted by atomic mass is 16.5. The molecule has 0 unspecified atom stereocenters. The van der Waals surface area contributed by atoms with Crippen LogP contribution in [0.4, 0.5) is 0 Å². The van der Waals surface area contributed by atoms with E-state index in [9.17, 15) is 0 Å². The fraction of sp³-hybridized carbons (Fsp3) is 0.529. The van der Waals surface area contributed by atoms with E-state index in [2.05, 4.69) is 46.2 Å². The van der Waals surface area contributed by atoms with Gasteiger partial charge in [-0.15, -0.1) is 0 Å². The normalized spacial score (nSPS) is 19.5. The molecule has 0 spiro atoms. The van der Waals surface area contributed by atoms with E-state index in [4.69, 9.17) is 9.26 Å².